The molecule has 3 aromatic rings. The lowest BCUT2D eigenvalue weighted by molar-refractivity contribution is -0.140. The maximum Gasteiger partial charge on any atom is 0.270 e. The Hall–Kier alpha value is -4.20. The summed E-state index contributed by atoms with van der Waals surface area (Å²) in [5.74, 6) is 5.40. The minimum absolute atomic E-state index is 0.0307. The van der Waals surface area contributed by atoms with Gasteiger partial charge in [-0.3, -0.25) is 19.3 Å². The molecule has 5 rings (SSSR count). The highest BCUT2D eigenvalue weighted by Crippen LogP contribution is 2.31. The van der Waals surface area contributed by atoms with E-state index in [-0.39, 0.29) is 31.4 Å². The van der Waals surface area contributed by atoms with Crippen molar-refractivity contribution in [3.63, 3.8) is 0 Å². The predicted molar refractivity (Wildman–Crippen MR) is 125 cm³/mol. The van der Waals surface area contributed by atoms with Crippen LogP contribution in [0.4, 0.5) is 5.69 Å². The van der Waals surface area contributed by atoms with Crippen molar-refractivity contribution in [1.29, 1.82) is 0 Å². The molecule has 10 heteroatoms. The van der Waals surface area contributed by atoms with Crippen molar-refractivity contribution in [3.8, 4) is 17.6 Å². The quantitative estimate of drug-likeness (QED) is 0.533. The number of benzene rings is 1. The molecular formula is C25H23N5O5. The number of nitrogens with zero attached hydrogens (tertiary/aromatic N) is 4. The molecule has 0 radical (unpaired) electrons. The van der Waals surface area contributed by atoms with Gasteiger partial charge in [-0.25, -0.2) is 0 Å². The van der Waals surface area contributed by atoms with Crippen LogP contribution in [0.25, 0.3) is 0 Å². The highest BCUT2D eigenvalue weighted by Gasteiger charge is 2.34. The van der Waals surface area contributed by atoms with Gasteiger partial charge in [-0.15, -0.1) is 0 Å². The second-order valence-electron chi connectivity index (χ2n) is 8.44. The molecule has 1 aromatic carbocycles. The Labute approximate surface area is 201 Å². The Balaban J connectivity index is 1.29. The number of likely N-dealkylation sites (N-methyl/N-ethyl adjacent to an activating group) is 1. The monoisotopic (exact) mass is 473 g/mol. The van der Waals surface area contributed by atoms with Crippen molar-refractivity contribution >= 4 is 17.5 Å². The highest BCUT2D eigenvalue weighted by molar-refractivity contribution is 6.03. The van der Waals surface area contributed by atoms with Crippen LogP contribution in [-0.4, -0.2) is 70.2 Å². The van der Waals surface area contributed by atoms with E-state index in [9.17, 15) is 14.7 Å². The molecule has 10 nitrogen and oxygen atoms in total. The van der Waals surface area contributed by atoms with Gasteiger partial charge in [0.05, 0.1) is 25.4 Å². The van der Waals surface area contributed by atoms with Gasteiger partial charge in [0.2, 0.25) is 0 Å². The van der Waals surface area contributed by atoms with E-state index in [0.29, 0.717) is 23.5 Å². The number of carbonyl (C=O) groups excluding carboxylic acids is 2. The first kappa shape index (κ1) is 22.6. The van der Waals surface area contributed by atoms with Crippen molar-refractivity contribution in [2.45, 2.75) is 18.2 Å². The molecule has 1 atom stereocenters. The largest absolute Gasteiger partial charge is 0.489 e. The molecule has 2 amide bonds. The van der Waals surface area contributed by atoms with Crippen LogP contribution < -0.4 is 15.0 Å². The van der Waals surface area contributed by atoms with Crippen LogP contribution >= 0.6 is 0 Å². The van der Waals surface area contributed by atoms with Gasteiger partial charge in [-0.1, -0.05) is 11.8 Å². The molecule has 1 saturated heterocycles. The Morgan fingerprint density at radius 3 is 2.89 bits per heavy atom. The number of pyridine rings is 1. The van der Waals surface area contributed by atoms with Gasteiger partial charge in [0.1, 0.15) is 24.1 Å². The molecule has 0 unspecified atom stereocenters. The summed E-state index contributed by atoms with van der Waals surface area (Å²) in [6.45, 7) is 0.815. The minimum atomic E-state index is -1.13. The lowest BCUT2D eigenvalue weighted by Gasteiger charge is -2.30. The lowest BCUT2D eigenvalue weighted by atomic mass is 10.0. The summed E-state index contributed by atoms with van der Waals surface area (Å²) in [7, 11) is 1.61. The maximum atomic E-state index is 13.1. The summed E-state index contributed by atoms with van der Waals surface area (Å²) in [4.78, 5) is 31.6. The van der Waals surface area contributed by atoms with Crippen LogP contribution in [0.5, 0.6) is 5.75 Å². The van der Waals surface area contributed by atoms with E-state index < -0.39 is 17.6 Å². The third-order valence-electron chi connectivity index (χ3n) is 5.74. The summed E-state index contributed by atoms with van der Waals surface area (Å²) < 4.78 is 12.6. The predicted octanol–water partition coefficient (Wildman–Crippen LogP) is 0.593. The molecule has 1 fully saturated rings. The molecule has 0 aliphatic carbocycles. The zero-order valence-electron chi connectivity index (χ0n) is 19.0. The van der Waals surface area contributed by atoms with Gasteiger partial charge in [0.25, 0.3) is 11.8 Å². The van der Waals surface area contributed by atoms with Crippen molar-refractivity contribution in [2.75, 3.05) is 31.8 Å². The first-order valence-corrected chi connectivity index (χ1v) is 11.0. The highest BCUT2D eigenvalue weighted by atomic mass is 16.5. The van der Waals surface area contributed by atoms with Gasteiger partial charge in [-0.2, -0.15) is 5.10 Å². The number of fused-ring (bicyclic) bond motifs is 1. The van der Waals surface area contributed by atoms with Crippen molar-refractivity contribution in [1.82, 2.24) is 20.1 Å². The number of amides is 2. The zero-order chi connectivity index (χ0) is 24.4. The Morgan fingerprint density at radius 1 is 1.29 bits per heavy atom. The van der Waals surface area contributed by atoms with Gasteiger partial charge in [0, 0.05) is 31.2 Å². The summed E-state index contributed by atoms with van der Waals surface area (Å²) in [5.41, 5.74) is 1.06. The molecule has 0 bridgehead atoms. The molecule has 2 aliphatic rings. The second kappa shape index (κ2) is 9.21. The van der Waals surface area contributed by atoms with E-state index in [0.717, 1.165) is 5.56 Å². The number of nitrogens with one attached hydrogen (secondary N) is 1. The summed E-state index contributed by atoms with van der Waals surface area (Å²) in [5, 5.41) is 17.0. The van der Waals surface area contributed by atoms with Crippen LogP contribution in [0.1, 0.15) is 21.6 Å². The van der Waals surface area contributed by atoms with Crippen LogP contribution in [0.3, 0.4) is 0 Å². The molecule has 2 aromatic heterocycles. The van der Waals surface area contributed by atoms with Crippen molar-refractivity contribution in [2.24, 2.45) is 0 Å². The summed E-state index contributed by atoms with van der Waals surface area (Å²) >= 11 is 0. The molecule has 0 spiro atoms. The van der Waals surface area contributed by atoms with E-state index in [1.807, 2.05) is 12.3 Å². The maximum absolute atomic E-state index is 13.1. The second-order valence-corrected chi connectivity index (χ2v) is 8.44. The normalized spacial score (nSPS) is 18.3. The third kappa shape index (κ3) is 4.87. The number of aliphatic hydroxyl groups is 1. The van der Waals surface area contributed by atoms with E-state index in [4.69, 9.17) is 9.47 Å². The molecule has 2 N–H and O–H groups in total. The van der Waals surface area contributed by atoms with Gasteiger partial charge < -0.3 is 24.8 Å². The number of rotatable bonds is 4. The molecule has 2 aliphatic heterocycles. The van der Waals surface area contributed by atoms with Crippen LogP contribution in [-0.2, 0) is 16.1 Å². The van der Waals surface area contributed by atoms with Crippen molar-refractivity contribution < 1.29 is 24.2 Å². The minimum Gasteiger partial charge on any atom is -0.489 e. The molecule has 4 heterocycles. The average molecular weight is 473 g/mol. The van der Waals surface area contributed by atoms with Gasteiger partial charge in [0.15, 0.2) is 5.60 Å². The van der Waals surface area contributed by atoms with E-state index in [1.54, 1.807) is 54.5 Å². The molecule has 0 saturated carbocycles. The number of aromatic nitrogens is 3. The summed E-state index contributed by atoms with van der Waals surface area (Å²) in [6.07, 6.45) is 5.06. The number of ether oxygens (including phenoxy) is 2. The fraction of sp³-hybridized carbons (Fsp3) is 0.280. The Bertz CT molecular complexity index is 1320. The Morgan fingerprint density at radius 2 is 2.14 bits per heavy atom. The lowest BCUT2D eigenvalue weighted by Crippen LogP contribution is -2.49. The van der Waals surface area contributed by atoms with Gasteiger partial charge >= 0.3 is 0 Å². The average Bonchev–Trinajstić information content (AvgIpc) is 3.32. The van der Waals surface area contributed by atoms with E-state index >= 15 is 0 Å². The van der Waals surface area contributed by atoms with Crippen LogP contribution in [0.15, 0.2) is 55.0 Å². The van der Waals surface area contributed by atoms with Crippen LogP contribution in [0.2, 0.25) is 0 Å². The standard InChI is InChI=1S/C25H23N5O5/c1-29-21-12-17(5-7-25(33)15-34-16-25)3-4-22(21)35-14-20(24(29)32)28-23(31)19-11-18(6-9-26-19)13-30-10-2-8-27-30/h2-4,6,8-12,20,33H,13-16H2,1H3,(H,28,31)/t20-/m0/s1. The Kier molecular flexibility index (Phi) is 5.94. The fourth-order valence-corrected chi connectivity index (χ4v) is 3.75. The van der Waals surface area contributed by atoms with Crippen LogP contribution in [0, 0.1) is 11.8 Å². The topological polar surface area (TPSA) is 119 Å². The number of carbonyl (C=O) groups is 2. The molecule has 35 heavy (non-hydrogen) atoms. The molecular weight excluding hydrogens is 450 g/mol. The van der Waals surface area contributed by atoms with E-state index in [1.165, 1.54) is 4.90 Å². The SMILES string of the molecule is CN1C(=O)[C@@H](NC(=O)c2cc(Cn3cccn3)ccn2)COc2ccc(C#CC3(O)COC3)cc21. The number of hydrogen-bond donors (Lipinski definition) is 2. The van der Waals surface area contributed by atoms with Crippen molar-refractivity contribution in [3.05, 3.63) is 71.8 Å². The van der Waals surface area contributed by atoms with Gasteiger partial charge in [-0.05, 0) is 42.0 Å². The summed E-state index contributed by atoms with van der Waals surface area (Å²) in [6, 6.07) is 9.58. The number of hydrogen-bond acceptors (Lipinski definition) is 7. The molecule has 178 valence electrons. The fourth-order valence-electron chi connectivity index (χ4n) is 3.75. The smallest absolute Gasteiger partial charge is 0.270 e. The zero-order valence-corrected chi connectivity index (χ0v) is 19.0. The first-order valence-electron chi connectivity index (χ1n) is 11.0. The third-order valence-corrected chi connectivity index (χ3v) is 5.74. The number of anilines is 1. The van der Waals surface area contributed by atoms with E-state index in [2.05, 4.69) is 27.2 Å². The first-order chi connectivity index (χ1) is 16.9.